The van der Waals surface area contributed by atoms with Gasteiger partial charge in [0.05, 0.1) is 10.8 Å². The maximum Gasteiger partial charge on any atom is 0.306 e. The molecule has 1 heterocycles. The Morgan fingerprint density at radius 2 is 1.87 bits per heavy atom. The highest BCUT2D eigenvalue weighted by molar-refractivity contribution is 7.89. The van der Waals surface area contributed by atoms with Crippen LogP contribution in [-0.2, 0) is 20.7 Å². The number of benzene rings is 1. The van der Waals surface area contributed by atoms with Crippen LogP contribution in [0.3, 0.4) is 0 Å². The summed E-state index contributed by atoms with van der Waals surface area (Å²) in [5.74, 6) is -4.52. The minimum Gasteiger partial charge on any atom is -0.481 e. The van der Waals surface area contributed by atoms with Gasteiger partial charge in [-0.25, -0.2) is 17.2 Å². The van der Waals surface area contributed by atoms with Gasteiger partial charge in [-0.1, -0.05) is 12.1 Å². The Labute approximate surface area is 134 Å². The van der Waals surface area contributed by atoms with E-state index in [4.69, 9.17) is 5.11 Å². The number of piperidine rings is 1. The molecule has 1 aromatic carbocycles. The lowest BCUT2D eigenvalue weighted by molar-refractivity contribution is -0.143. The first-order valence-electron chi connectivity index (χ1n) is 7.26. The smallest absolute Gasteiger partial charge is 0.306 e. The molecule has 1 aromatic rings. The number of nitrogens with zero attached hydrogens (tertiary/aromatic N) is 1. The van der Waals surface area contributed by atoms with Crippen LogP contribution in [0.5, 0.6) is 0 Å². The molecule has 1 saturated heterocycles. The van der Waals surface area contributed by atoms with Crippen molar-refractivity contribution in [3.63, 3.8) is 0 Å². The summed E-state index contributed by atoms with van der Waals surface area (Å²) in [6, 6.07) is 4.07. The number of hydrogen-bond donors (Lipinski definition) is 1. The van der Waals surface area contributed by atoms with Crippen LogP contribution in [0.1, 0.15) is 32.3 Å². The van der Waals surface area contributed by atoms with Gasteiger partial charge in [-0.05, 0) is 31.9 Å². The molecule has 1 aliphatic rings. The van der Waals surface area contributed by atoms with Crippen LogP contribution >= 0.6 is 0 Å². The molecule has 23 heavy (non-hydrogen) atoms. The summed E-state index contributed by atoms with van der Waals surface area (Å²) in [6.45, 7) is 2.50. The molecule has 1 N–H and O–H groups in total. The van der Waals surface area contributed by atoms with Crippen molar-refractivity contribution in [3.05, 3.63) is 29.8 Å². The molecule has 0 radical (unpaired) electrons. The highest BCUT2D eigenvalue weighted by atomic mass is 32.2. The van der Waals surface area contributed by atoms with E-state index in [2.05, 4.69) is 0 Å². The van der Waals surface area contributed by atoms with E-state index in [1.807, 2.05) is 0 Å². The van der Waals surface area contributed by atoms with Crippen molar-refractivity contribution in [1.82, 2.24) is 4.31 Å². The summed E-state index contributed by atoms with van der Waals surface area (Å²) >= 11 is 0. The normalized spacial score (nSPS) is 23.7. The molecule has 0 spiro atoms. The Kier molecular flexibility index (Phi) is 4.77. The average molecular weight is 347 g/mol. The minimum absolute atomic E-state index is 0.0638. The summed E-state index contributed by atoms with van der Waals surface area (Å²) in [4.78, 5) is 11.0. The van der Waals surface area contributed by atoms with Crippen molar-refractivity contribution in [2.24, 2.45) is 5.92 Å². The van der Waals surface area contributed by atoms with Crippen molar-refractivity contribution >= 4 is 16.0 Å². The lowest BCUT2D eigenvalue weighted by atomic mass is 9.93. The maximum atomic E-state index is 13.2. The summed E-state index contributed by atoms with van der Waals surface area (Å²) in [5.41, 5.74) is -0.255. The average Bonchev–Trinajstić information content (AvgIpc) is 2.46. The van der Waals surface area contributed by atoms with Crippen molar-refractivity contribution in [2.75, 3.05) is 6.54 Å². The second kappa shape index (κ2) is 6.16. The number of sulfonamides is 1. The Bertz CT molecular complexity index is 682. The van der Waals surface area contributed by atoms with Gasteiger partial charge in [0.25, 0.3) is 5.92 Å². The number of carboxylic acids is 1. The zero-order valence-corrected chi connectivity index (χ0v) is 13.7. The first-order chi connectivity index (χ1) is 10.5. The lowest BCUT2D eigenvalue weighted by Gasteiger charge is -2.35. The fourth-order valence-electron chi connectivity index (χ4n) is 2.79. The Morgan fingerprint density at radius 1 is 1.30 bits per heavy atom. The van der Waals surface area contributed by atoms with Gasteiger partial charge < -0.3 is 5.11 Å². The van der Waals surface area contributed by atoms with Gasteiger partial charge in [-0.15, -0.1) is 0 Å². The molecule has 0 bridgehead atoms. The maximum absolute atomic E-state index is 13.2. The molecular formula is C15H19F2NO4S. The molecular weight excluding hydrogens is 328 g/mol. The summed E-state index contributed by atoms with van der Waals surface area (Å²) < 4.78 is 52.9. The second-order valence-corrected chi connectivity index (χ2v) is 7.83. The second-order valence-electron chi connectivity index (χ2n) is 5.94. The molecule has 0 aliphatic carbocycles. The lowest BCUT2D eigenvalue weighted by Crippen LogP contribution is -2.45. The minimum atomic E-state index is -3.83. The largest absolute Gasteiger partial charge is 0.481 e. The monoisotopic (exact) mass is 347 g/mol. The van der Waals surface area contributed by atoms with Crippen LogP contribution in [-0.4, -0.2) is 36.4 Å². The first-order valence-corrected chi connectivity index (χ1v) is 8.70. The van der Waals surface area contributed by atoms with E-state index in [1.54, 1.807) is 6.92 Å². The van der Waals surface area contributed by atoms with Gasteiger partial charge in [0.15, 0.2) is 0 Å². The number of hydrogen-bond acceptors (Lipinski definition) is 3. The highest BCUT2D eigenvalue weighted by Gasteiger charge is 2.37. The predicted octanol–water partition coefficient (Wildman–Crippen LogP) is 2.67. The molecule has 2 rings (SSSR count). The van der Waals surface area contributed by atoms with Crippen molar-refractivity contribution in [1.29, 1.82) is 0 Å². The SMILES string of the molecule is C[C@@H]1C[C@H](C(=O)O)CCN1S(=O)(=O)c1ccc(C(C)(F)F)cc1. The van der Waals surface area contributed by atoms with Crippen LogP contribution < -0.4 is 0 Å². The molecule has 1 aliphatic heterocycles. The standard InChI is InChI=1S/C15H19F2NO4S/c1-10-9-11(14(19)20)7-8-18(10)23(21,22)13-5-3-12(4-6-13)15(2,16)17/h3-6,10-11H,7-9H2,1-2H3,(H,19,20)/t10-,11-/m1/s1. The van der Waals surface area contributed by atoms with Crippen LogP contribution in [0.25, 0.3) is 0 Å². The third kappa shape index (κ3) is 3.69. The topological polar surface area (TPSA) is 74.7 Å². The van der Waals surface area contributed by atoms with Gasteiger partial charge in [0, 0.05) is 25.1 Å². The van der Waals surface area contributed by atoms with Crippen molar-refractivity contribution < 1.29 is 27.1 Å². The summed E-state index contributed by atoms with van der Waals surface area (Å²) in [5, 5.41) is 9.03. The van der Waals surface area contributed by atoms with E-state index in [-0.39, 0.29) is 29.8 Å². The zero-order valence-electron chi connectivity index (χ0n) is 12.9. The summed E-state index contributed by atoms with van der Waals surface area (Å²) in [6.07, 6.45) is 0.476. The van der Waals surface area contributed by atoms with E-state index in [1.165, 1.54) is 4.31 Å². The fraction of sp³-hybridized carbons (Fsp3) is 0.533. The third-order valence-electron chi connectivity index (χ3n) is 4.13. The van der Waals surface area contributed by atoms with Gasteiger partial charge in [-0.3, -0.25) is 4.79 Å². The van der Waals surface area contributed by atoms with Crippen molar-refractivity contribution in [2.45, 2.75) is 43.5 Å². The van der Waals surface area contributed by atoms with Crippen molar-refractivity contribution in [3.8, 4) is 0 Å². The molecule has 5 nitrogen and oxygen atoms in total. The Hall–Kier alpha value is -1.54. The molecule has 2 atom stereocenters. The Balaban J connectivity index is 2.23. The van der Waals surface area contributed by atoms with E-state index < -0.39 is 33.9 Å². The fourth-order valence-corrected chi connectivity index (χ4v) is 4.44. The van der Waals surface area contributed by atoms with E-state index in [0.717, 1.165) is 31.2 Å². The number of alkyl halides is 2. The highest BCUT2D eigenvalue weighted by Crippen LogP contribution is 2.31. The zero-order chi connectivity index (χ0) is 17.4. The number of carboxylic acid groups (broad SMARTS) is 1. The summed E-state index contributed by atoms with van der Waals surface area (Å²) in [7, 11) is -3.83. The molecule has 0 unspecified atom stereocenters. The van der Waals surface area contributed by atoms with Gasteiger partial charge in [0.1, 0.15) is 0 Å². The van der Waals surface area contributed by atoms with Crippen LogP contribution in [0.4, 0.5) is 8.78 Å². The number of halogens is 2. The number of carbonyl (C=O) groups is 1. The predicted molar refractivity (Wildman–Crippen MR) is 79.7 cm³/mol. The van der Waals surface area contributed by atoms with Gasteiger partial charge in [0.2, 0.25) is 10.0 Å². The molecule has 128 valence electrons. The molecule has 0 aromatic heterocycles. The number of aliphatic carboxylic acids is 1. The van der Waals surface area contributed by atoms with Crippen LogP contribution in [0.15, 0.2) is 29.2 Å². The molecule has 1 fully saturated rings. The van der Waals surface area contributed by atoms with E-state index in [0.29, 0.717) is 0 Å². The number of rotatable bonds is 4. The van der Waals surface area contributed by atoms with E-state index in [9.17, 15) is 22.0 Å². The third-order valence-corrected chi connectivity index (χ3v) is 6.16. The van der Waals surface area contributed by atoms with Gasteiger partial charge in [-0.2, -0.15) is 4.31 Å². The molecule has 8 heteroatoms. The molecule has 0 amide bonds. The quantitative estimate of drug-likeness (QED) is 0.909. The molecule has 0 saturated carbocycles. The van der Waals surface area contributed by atoms with Crippen LogP contribution in [0.2, 0.25) is 0 Å². The van der Waals surface area contributed by atoms with Crippen LogP contribution in [0, 0.1) is 5.92 Å². The Morgan fingerprint density at radius 3 is 2.30 bits per heavy atom. The van der Waals surface area contributed by atoms with Gasteiger partial charge >= 0.3 is 5.97 Å². The first kappa shape index (κ1) is 17.8. The van der Waals surface area contributed by atoms with E-state index >= 15 is 0 Å².